The number of carbonyl (C=O) groups is 2. The number of aryl methyl sites for hydroxylation is 1. The number of furan rings is 1. The maximum Gasteiger partial charge on any atom is 0.326 e. The van der Waals surface area contributed by atoms with Gasteiger partial charge in [-0.3, -0.25) is 4.79 Å². The van der Waals surface area contributed by atoms with Gasteiger partial charge in [0.25, 0.3) is 0 Å². The standard InChI is InChI=1S/C30H25ClN4O4/c1-17-32-27-23-7-2-3-8-25(23)39-28(27)29(33-17)35-16-18(13-24(35)30(37)38)14-26(36)34-22-11-9-19(10-12-22)20-5-4-6-21(31)15-20/h2-12,15,18,24H,13-14,16H2,1H3,(H,34,36)(H,37,38)/t18-,24+/m1/s1. The van der Waals surface area contributed by atoms with Gasteiger partial charge in [-0.15, -0.1) is 0 Å². The second-order valence-electron chi connectivity index (χ2n) is 9.82. The number of benzene rings is 3. The average Bonchev–Trinajstić information content (AvgIpc) is 3.50. The van der Waals surface area contributed by atoms with Gasteiger partial charge in [0, 0.05) is 29.1 Å². The topological polar surface area (TPSA) is 109 Å². The molecule has 0 spiro atoms. The third kappa shape index (κ3) is 4.91. The van der Waals surface area contributed by atoms with Crippen molar-refractivity contribution in [3.05, 3.63) is 83.6 Å². The molecule has 2 aromatic heterocycles. The number of carboxylic acid groups (broad SMARTS) is 1. The van der Waals surface area contributed by atoms with E-state index in [0.29, 0.717) is 52.0 Å². The molecule has 8 nitrogen and oxygen atoms in total. The number of aliphatic carboxylic acids is 1. The van der Waals surface area contributed by atoms with Crippen LogP contribution in [0.5, 0.6) is 0 Å². The van der Waals surface area contributed by atoms with E-state index in [9.17, 15) is 14.7 Å². The van der Waals surface area contributed by atoms with Gasteiger partial charge in [-0.1, -0.05) is 48.0 Å². The Morgan fingerprint density at radius 3 is 2.62 bits per heavy atom. The summed E-state index contributed by atoms with van der Waals surface area (Å²) in [5, 5.41) is 14.5. The van der Waals surface area contributed by atoms with Gasteiger partial charge in [0.2, 0.25) is 5.91 Å². The lowest BCUT2D eigenvalue weighted by Crippen LogP contribution is -2.36. The third-order valence-electron chi connectivity index (χ3n) is 7.06. The predicted octanol–water partition coefficient (Wildman–Crippen LogP) is 6.31. The van der Waals surface area contributed by atoms with Crippen LogP contribution in [0.3, 0.4) is 0 Å². The third-order valence-corrected chi connectivity index (χ3v) is 7.29. The number of aromatic nitrogens is 2. The molecule has 196 valence electrons. The normalized spacial score (nSPS) is 17.1. The Balaban J connectivity index is 1.20. The Morgan fingerprint density at radius 2 is 1.85 bits per heavy atom. The highest BCUT2D eigenvalue weighted by Crippen LogP contribution is 2.38. The molecule has 1 aliphatic heterocycles. The molecule has 0 unspecified atom stereocenters. The highest BCUT2D eigenvalue weighted by Gasteiger charge is 2.40. The first-order valence-electron chi connectivity index (χ1n) is 12.7. The molecule has 3 aromatic carbocycles. The van der Waals surface area contributed by atoms with E-state index >= 15 is 0 Å². The van der Waals surface area contributed by atoms with Gasteiger partial charge in [-0.05, 0) is 66.8 Å². The molecule has 5 aromatic rings. The molecule has 0 aliphatic carbocycles. The number of amides is 1. The first-order valence-corrected chi connectivity index (χ1v) is 13.0. The van der Waals surface area contributed by atoms with Gasteiger partial charge in [0.05, 0.1) is 0 Å². The molecule has 0 bridgehead atoms. The van der Waals surface area contributed by atoms with Crippen LogP contribution in [0, 0.1) is 12.8 Å². The van der Waals surface area contributed by atoms with Crippen molar-refractivity contribution in [3.63, 3.8) is 0 Å². The minimum absolute atomic E-state index is 0.172. The first kappa shape index (κ1) is 24.9. The van der Waals surface area contributed by atoms with Gasteiger partial charge >= 0.3 is 5.97 Å². The lowest BCUT2D eigenvalue weighted by Gasteiger charge is -2.22. The number of rotatable bonds is 6. The maximum atomic E-state index is 12.9. The van der Waals surface area contributed by atoms with E-state index in [1.54, 1.807) is 11.8 Å². The highest BCUT2D eigenvalue weighted by molar-refractivity contribution is 6.30. The molecule has 1 amide bonds. The number of carboxylic acids is 1. The number of nitrogens with one attached hydrogen (secondary N) is 1. The molecule has 2 N–H and O–H groups in total. The van der Waals surface area contributed by atoms with E-state index in [-0.39, 0.29) is 18.2 Å². The highest BCUT2D eigenvalue weighted by atomic mass is 35.5. The molecule has 2 atom stereocenters. The molecule has 3 heterocycles. The van der Waals surface area contributed by atoms with Gasteiger partial charge in [-0.25, -0.2) is 14.8 Å². The fourth-order valence-electron chi connectivity index (χ4n) is 5.31. The number of fused-ring (bicyclic) bond motifs is 3. The van der Waals surface area contributed by atoms with Crippen LogP contribution in [0.15, 0.2) is 77.2 Å². The van der Waals surface area contributed by atoms with Crippen LogP contribution in [0.4, 0.5) is 11.5 Å². The van der Waals surface area contributed by atoms with Crippen molar-refractivity contribution < 1.29 is 19.1 Å². The second-order valence-corrected chi connectivity index (χ2v) is 10.3. The minimum Gasteiger partial charge on any atom is -0.480 e. The smallest absolute Gasteiger partial charge is 0.326 e. The van der Waals surface area contributed by atoms with E-state index in [1.807, 2.05) is 72.8 Å². The summed E-state index contributed by atoms with van der Waals surface area (Å²) < 4.78 is 6.08. The summed E-state index contributed by atoms with van der Waals surface area (Å²) >= 11 is 6.10. The lowest BCUT2D eigenvalue weighted by molar-refractivity contribution is -0.138. The predicted molar refractivity (Wildman–Crippen MR) is 151 cm³/mol. The molecular weight excluding hydrogens is 516 g/mol. The fraction of sp³-hybridized carbons (Fsp3) is 0.200. The van der Waals surface area contributed by atoms with Crippen LogP contribution in [0.25, 0.3) is 33.2 Å². The van der Waals surface area contributed by atoms with Crippen LogP contribution >= 0.6 is 11.6 Å². The number of hydrogen-bond acceptors (Lipinski definition) is 6. The molecule has 1 saturated heterocycles. The Hall–Kier alpha value is -4.43. The summed E-state index contributed by atoms with van der Waals surface area (Å²) in [6.45, 7) is 2.14. The lowest BCUT2D eigenvalue weighted by atomic mass is 10.0. The molecule has 39 heavy (non-hydrogen) atoms. The van der Waals surface area contributed by atoms with E-state index in [4.69, 9.17) is 16.0 Å². The van der Waals surface area contributed by atoms with E-state index < -0.39 is 12.0 Å². The summed E-state index contributed by atoms with van der Waals surface area (Å²) in [6, 6.07) is 21.8. The summed E-state index contributed by atoms with van der Waals surface area (Å²) in [5.74, 6) is -0.341. The zero-order valence-electron chi connectivity index (χ0n) is 21.1. The number of carbonyl (C=O) groups excluding carboxylic acids is 1. The van der Waals surface area contributed by atoms with E-state index in [0.717, 1.165) is 16.5 Å². The zero-order valence-corrected chi connectivity index (χ0v) is 21.9. The van der Waals surface area contributed by atoms with Crippen molar-refractivity contribution in [2.45, 2.75) is 25.8 Å². The quantitative estimate of drug-likeness (QED) is 0.259. The molecular formula is C30H25ClN4O4. The number of para-hydroxylation sites is 1. The van der Waals surface area contributed by atoms with Crippen molar-refractivity contribution >= 4 is 57.1 Å². The summed E-state index contributed by atoms with van der Waals surface area (Å²) in [4.78, 5) is 36.1. The SMILES string of the molecule is Cc1nc(N2C[C@@H](CC(=O)Nc3ccc(-c4cccc(Cl)c4)cc3)C[C@H]2C(=O)O)c2oc3ccccc3c2n1. The van der Waals surface area contributed by atoms with Gasteiger partial charge in [-0.2, -0.15) is 0 Å². The molecule has 0 saturated carbocycles. The Morgan fingerprint density at radius 1 is 1.05 bits per heavy atom. The number of halogens is 1. The first-order chi connectivity index (χ1) is 18.9. The Kier molecular flexibility index (Phi) is 6.40. The van der Waals surface area contributed by atoms with Crippen molar-refractivity contribution in [1.82, 2.24) is 9.97 Å². The average molecular weight is 541 g/mol. The minimum atomic E-state index is -0.963. The van der Waals surface area contributed by atoms with Crippen molar-refractivity contribution in [3.8, 4) is 11.1 Å². The van der Waals surface area contributed by atoms with Crippen molar-refractivity contribution in [2.75, 3.05) is 16.8 Å². The molecule has 1 aliphatic rings. The largest absolute Gasteiger partial charge is 0.480 e. The van der Waals surface area contributed by atoms with Crippen LogP contribution in [-0.2, 0) is 9.59 Å². The van der Waals surface area contributed by atoms with Gasteiger partial charge in [0.15, 0.2) is 11.4 Å². The van der Waals surface area contributed by atoms with E-state index in [2.05, 4.69) is 15.3 Å². The number of anilines is 2. The van der Waals surface area contributed by atoms with Crippen LogP contribution in [0.2, 0.25) is 5.02 Å². The van der Waals surface area contributed by atoms with Crippen LogP contribution in [-0.4, -0.2) is 39.5 Å². The summed E-state index contributed by atoms with van der Waals surface area (Å²) in [5.41, 5.74) is 4.42. The second kappa shape index (κ2) is 10.0. The summed E-state index contributed by atoms with van der Waals surface area (Å²) in [7, 11) is 0. The van der Waals surface area contributed by atoms with Gasteiger partial charge < -0.3 is 19.7 Å². The Bertz CT molecular complexity index is 1720. The van der Waals surface area contributed by atoms with Crippen molar-refractivity contribution in [1.29, 1.82) is 0 Å². The van der Waals surface area contributed by atoms with Gasteiger partial charge in [0.1, 0.15) is 23.0 Å². The molecule has 0 radical (unpaired) electrons. The number of hydrogen-bond donors (Lipinski definition) is 2. The maximum absolute atomic E-state index is 12.9. The molecule has 9 heteroatoms. The zero-order chi connectivity index (χ0) is 27.1. The fourth-order valence-corrected chi connectivity index (χ4v) is 5.50. The summed E-state index contributed by atoms with van der Waals surface area (Å²) in [6.07, 6.45) is 0.505. The molecule has 1 fully saturated rings. The Labute approximate surface area is 229 Å². The van der Waals surface area contributed by atoms with Crippen molar-refractivity contribution in [2.24, 2.45) is 5.92 Å². The monoisotopic (exact) mass is 540 g/mol. The molecule has 6 rings (SSSR count). The number of nitrogens with zero attached hydrogens (tertiary/aromatic N) is 3. The van der Waals surface area contributed by atoms with Crippen LogP contribution in [0.1, 0.15) is 18.7 Å². The van der Waals surface area contributed by atoms with Crippen LogP contribution < -0.4 is 10.2 Å². The van der Waals surface area contributed by atoms with E-state index in [1.165, 1.54) is 0 Å².